The number of hydrogen-bond acceptors (Lipinski definition) is 4. The van der Waals surface area contributed by atoms with E-state index in [4.69, 9.17) is 16.3 Å². The molecule has 0 unspecified atom stereocenters. The van der Waals surface area contributed by atoms with Crippen molar-refractivity contribution in [1.82, 2.24) is 10.2 Å². The Labute approximate surface area is 176 Å². The van der Waals surface area contributed by atoms with Gasteiger partial charge in [-0.25, -0.2) is 0 Å². The number of fused-ring (bicyclic) bond motifs is 1. The summed E-state index contributed by atoms with van der Waals surface area (Å²) in [5.41, 5.74) is 0.881. The molecule has 2 aliphatic rings. The molecule has 2 N–H and O–H groups in total. The van der Waals surface area contributed by atoms with E-state index in [1.807, 2.05) is 4.90 Å². The van der Waals surface area contributed by atoms with E-state index in [0.29, 0.717) is 47.6 Å². The van der Waals surface area contributed by atoms with Crippen molar-refractivity contribution in [3.63, 3.8) is 0 Å². The Morgan fingerprint density at radius 1 is 1.21 bits per heavy atom. The SMILES string of the molecule is CCC(=O)Nc1cc(Cl)ccc1C(=O)N1C[C@H]2C[C@@H](NC(C)=O)[C@H](OC)C[C@H]2C1. The molecule has 1 aromatic carbocycles. The van der Waals surface area contributed by atoms with Gasteiger partial charge in [-0.15, -0.1) is 0 Å². The van der Waals surface area contributed by atoms with Crippen LogP contribution >= 0.6 is 11.6 Å². The van der Waals surface area contributed by atoms with Gasteiger partial charge in [-0.05, 0) is 42.9 Å². The summed E-state index contributed by atoms with van der Waals surface area (Å²) in [6, 6.07) is 4.89. The zero-order valence-corrected chi connectivity index (χ0v) is 17.8. The van der Waals surface area contributed by atoms with E-state index in [0.717, 1.165) is 12.8 Å². The molecule has 1 saturated heterocycles. The third kappa shape index (κ3) is 4.90. The second-order valence-electron chi connectivity index (χ2n) is 7.87. The van der Waals surface area contributed by atoms with E-state index in [1.165, 1.54) is 6.92 Å². The van der Waals surface area contributed by atoms with Crippen molar-refractivity contribution in [2.75, 3.05) is 25.5 Å². The fraction of sp³-hybridized carbons (Fsp3) is 0.571. The number of ether oxygens (including phenoxy) is 1. The van der Waals surface area contributed by atoms with Gasteiger partial charge in [-0.3, -0.25) is 14.4 Å². The molecular formula is C21H28ClN3O4. The van der Waals surface area contributed by atoms with Crippen LogP contribution in [0.5, 0.6) is 0 Å². The smallest absolute Gasteiger partial charge is 0.255 e. The standard InChI is InChI=1S/C21H28ClN3O4/c1-4-20(27)24-17-9-15(22)5-6-16(17)21(28)25-10-13-7-18(23-12(2)26)19(29-3)8-14(13)11-25/h5-6,9,13-14,18-19H,4,7-8,10-11H2,1-3H3,(H,23,26)(H,24,27)/t13-,14+,18-,19-/m1/s1. The molecule has 1 aromatic rings. The highest BCUT2D eigenvalue weighted by atomic mass is 35.5. The molecule has 3 amide bonds. The topological polar surface area (TPSA) is 87.7 Å². The van der Waals surface area contributed by atoms with E-state index < -0.39 is 0 Å². The Bertz CT molecular complexity index is 800. The second-order valence-corrected chi connectivity index (χ2v) is 8.31. The van der Waals surface area contributed by atoms with Gasteiger partial charge in [0.1, 0.15) is 0 Å². The highest BCUT2D eigenvalue weighted by Crippen LogP contribution is 2.38. The first kappa shape index (κ1) is 21.6. The fourth-order valence-electron chi connectivity index (χ4n) is 4.47. The number of likely N-dealkylation sites (tertiary alicyclic amines) is 1. The third-order valence-corrected chi connectivity index (χ3v) is 6.14. The second kappa shape index (κ2) is 9.13. The summed E-state index contributed by atoms with van der Waals surface area (Å²) in [7, 11) is 1.66. The van der Waals surface area contributed by atoms with Crippen molar-refractivity contribution in [3.8, 4) is 0 Å². The number of halogens is 1. The number of amides is 3. The maximum Gasteiger partial charge on any atom is 0.255 e. The van der Waals surface area contributed by atoms with Gasteiger partial charge in [0.2, 0.25) is 11.8 Å². The fourth-order valence-corrected chi connectivity index (χ4v) is 4.64. The zero-order valence-electron chi connectivity index (χ0n) is 17.0. The summed E-state index contributed by atoms with van der Waals surface area (Å²) < 4.78 is 5.60. The molecular weight excluding hydrogens is 394 g/mol. The molecule has 1 heterocycles. The zero-order chi connectivity index (χ0) is 21.1. The number of benzene rings is 1. The van der Waals surface area contributed by atoms with E-state index in [2.05, 4.69) is 10.6 Å². The van der Waals surface area contributed by atoms with Gasteiger partial charge >= 0.3 is 0 Å². The number of carbonyl (C=O) groups is 3. The van der Waals surface area contributed by atoms with E-state index in [-0.39, 0.29) is 29.9 Å². The molecule has 1 saturated carbocycles. The van der Waals surface area contributed by atoms with Crippen LogP contribution in [-0.4, -0.2) is 55.0 Å². The van der Waals surface area contributed by atoms with Crippen molar-refractivity contribution >= 4 is 35.0 Å². The average Bonchev–Trinajstić information content (AvgIpc) is 3.09. The van der Waals surface area contributed by atoms with Gasteiger partial charge in [-0.2, -0.15) is 0 Å². The Kier molecular flexibility index (Phi) is 6.80. The molecule has 7 nitrogen and oxygen atoms in total. The summed E-state index contributed by atoms with van der Waals surface area (Å²) in [6.07, 6.45) is 1.85. The highest BCUT2D eigenvalue weighted by Gasteiger charge is 2.44. The molecule has 3 rings (SSSR count). The van der Waals surface area contributed by atoms with Crippen molar-refractivity contribution < 1.29 is 19.1 Å². The normalized spacial score (nSPS) is 26.0. The molecule has 0 aromatic heterocycles. The molecule has 158 valence electrons. The summed E-state index contributed by atoms with van der Waals surface area (Å²) in [5.74, 6) is 0.280. The molecule has 4 atom stereocenters. The Balaban J connectivity index is 1.76. The maximum atomic E-state index is 13.2. The van der Waals surface area contributed by atoms with E-state index in [1.54, 1.807) is 32.2 Å². The van der Waals surface area contributed by atoms with E-state index >= 15 is 0 Å². The Morgan fingerprint density at radius 3 is 2.52 bits per heavy atom. The van der Waals surface area contributed by atoms with Gasteiger partial charge in [-0.1, -0.05) is 18.5 Å². The highest BCUT2D eigenvalue weighted by molar-refractivity contribution is 6.31. The molecule has 0 bridgehead atoms. The number of rotatable bonds is 5. The Morgan fingerprint density at radius 2 is 1.90 bits per heavy atom. The van der Waals surface area contributed by atoms with Gasteiger partial charge in [0.25, 0.3) is 5.91 Å². The van der Waals surface area contributed by atoms with E-state index in [9.17, 15) is 14.4 Å². The third-order valence-electron chi connectivity index (χ3n) is 5.90. The molecule has 1 aliphatic heterocycles. The molecule has 29 heavy (non-hydrogen) atoms. The molecule has 0 radical (unpaired) electrons. The largest absolute Gasteiger partial charge is 0.379 e. The summed E-state index contributed by atoms with van der Waals surface area (Å²) >= 11 is 6.07. The minimum absolute atomic E-state index is 0.0382. The van der Waals surface area contributed by atoms with Gasteiger partial charge in [0.05, 0.1) is 23.4 Å². The lowest BCUT2D eigenvalue weighted by atomic mass is 9.77. The lowest BCUT2D eigenvalue weighted by Crippen LogP contribution is -2.49. The van der Waals surface area contributed by atoms with Gasteiger partial charge < -0.3 is 20.3 Å². The predicted molar refractivity (Wildman–Crippen MR) is 111 cm³/mol. The molecule has 1 aliphatic carbocycles. The van der Waals surface area contributed by atoms with Crippen molar-refractivity contribution in [2.24, 2.45) is 11.8 Å². The van der Waals surface area contributed by atoms with Crippen LogP contribution < -0.4 is 10.6 Å². The first-order valence-electron chi connectivity index (χ1n) is 10.0. The van der Waals surface area contributed by atoms with Crippen LogP contribution in [0.4, 0.5) is 5.69 Å². The number of nitrogens with zero attached hydrogens (tertiary/aromatic N) is 1. The van der Waals surface area contributed by atoms with Crippen molar-refractivity contribution in [1.29, 1.82) is 0 Å². The number of anilines is 1. The van der Waals surface area contributed by atoms with Crippen LogP contribution in [0.2, 0.25) is 5.02 Å². The first-order valence-corrected chi connectivity index (χ1v) is 10.4. The summed E-state index contributed by atoms with van der Waals surface area (Å²) in [5, 5.41) is 6.22. The summed E-state index contributed by atoms with van der Waals surface area (Å²) in [6.45, 7) is 4.53. The molecule has 2 fully saturated rings. The summed E-state index contributed by atoms with van der Waals surface area (Å²) in [4.78, 5) is 38.5. The van der Waals surface area contributed by atoms with Crippen LogP contribution in [0.25, 0.3) is 0 Å². The number of hydrogen-bond donors (Lipinski definition) is 2. The lowest BCUT2D eigenvalue weighted by Gasteiger charge is -2.37. The minimum Gasteiger partial charge on any atom is -0.379 e. The lowest BCUT2D eigenvalue weighted by molar-refractivity contribution is -0.121. The van der Waals surface area contributed by atoms with Crippen LogP contribution in [0.3, 0.4) is 0 Å². The van der Waals surface area contributed by atoms with Crippen LogP contribution in [0.1, 0.15) is 43.5 Å². The minimum atomic E-state index is -0.169. The quantitative estimate of drug-likeness (QED) is 0.765. The predicted octanol–water partition coefficient (Wildman–Crippen LogP) is 2.69. The maximum absolute atomic E-state index is 13.2. The number of carbonyl (C=O) groups excluding carboxylic acids is 3. The van der Waals surface area contributed by atoms with Crippen LogP contribution in [0.15, 0.2) is 18.2 Å². The van der Waals surface area contributed by atoms with Gasteiger partial charge in [0.15, 0.2) is 0 Å². The molecule has 8 heteroatoms. The number of nitrogens with one attached hydrogen (secondary N) is 2. The van der Waals surface area contributed by atoms with Gasteiger partial charge in [0, 0.05) is 38.6 Å². The first-order chi connectivity index (χ1) is 13.8. The van der Waals surface area contributed by atoms with Crippen LogP contribution in [0, 0.1) is 11.8 Å². The number of methoxy groups -OCH3 is 1. The van der Waals surface area contributed by atoms with Crippen molar-refractivity contribution in [2.45, 2.75) is 45.3 Å². The molecule has 0 spiro atoms. The average molecular weight is 422 g/mol. The van der Waals surface area contributed by atoms with Crippen molar-refractivity contribution in [3.05, 3.63) is 28.8 Å². The van der Waals surface area contributed by atoms with Crippen LogP contribution in [-0.2, 0) is 14.3 Å². The monoisotopic (exact) mass is 421 g/mol. The Hall–Kier alpha value is -2.12.